The summed E-state index contributed by atoms with van der Waals surface area (Å²) in [5, 5.41) is 10.8. The van der Waals surface area contributed by atoms with Gasteiger partial charge in [0.05, 0.1) is 11.1 Å². The lowest BCUT2D eigenvalue weighted by Gasteiger charge is -2.08. The van der Waals surface area contributed by atoms with Crippen molar-refractivity contribution in [2.75, 3.05) is 6.61 Å². The molecule has 0 aliphatic carbocycles. The van der Waals surface area contributed by atoms with E-state index in [2.05, 4.69) is 15.9 Å². The lowest BCUT2D eigenvalue weighted by atomic mass is 10.2. The second-order valence-corrected chi connectivity index (χ2v) is 3.98. The molecule has 1 rings (SSSR count). The predicted octanol–water partition coefficient (Wildman–Crippen LogP) is 0.515. The number of ether oxygens (including phenoxy) is 1. The molecule has 4 N–H and O–H groups in total. The molecule has 0 fully saturated rings. The minimum absolute atomic E-state index is 0.0823. The molecule has 0 aromatic heterocycles. The van der Waals surface area contributed by atoms with E-state index >= 15 is 0 Å². The molecule has 1 aromatic rings. The summed E-state index contributed by atoms with van der Waals surface area (Å²) in [6.45, 7) is -0.402. The quantitative estimate of drug-likeness (QED) is 0.754. The SMILES string of the molecule is NC(=O)NC(=O)COc1ccc(CO)cc1Br. The second-order valence-electron chi connectivity index (χ2n) is 3.12. The molecule has 0 aliphatic rings. The number of aliphatic hydroxyl groups excluding tert-OH is 1. The van der Waals surface area contributed by atoms with Crippen LogP contribution in [0.2, 0.25) is 0 Å². The molecular weight excluding hydrogens is 292 g/mol. The maximum atomic E-state index is 11.1. The molecule has 0 radical (unpaired) electrons. The zero-order valence-corrected chi connectivity index (χ0v) is 10.4. The topological polar surface area (TPSA) is 102 Å². The first kappa shape index (κ1) is 13.5. The largest absolute Gasteiger partial charge is 0.483 e. The van der Waals surface area contributed by atoms with Crippen molar-refractivity contribution in [3.63, 3.8) is 0 Å². The first-order chi connectivity index (χ1) is 8.02. The van der Waals surface area contributed by atoms with Crippen molar-refractivity contribution >= 4 is 27.9 Å². The zero-order chi connectivity index (χ0) is 12.8. The van der Waals surface area contributed by atoms with Gasteiger partial charge in [-0.05, 0) is 33.6 Å². The minimum Gasteiger partial charge on any atom is -0.483 e. The van der Waals surface area contributed by atoms with Crippen LogP contribution in [0.5, 0.6) is 5.75 Å². The zero-order valence-electron chi connectivity index (χ0n) is 8.77. The molecule has 0 aliphatic heterocycles. The molecule has 0 spiro atoms. The maximum Gasteiger partial charge on any atom is 0.318 e. The summed E-state index contributed by atoms with van der Waals surface area (Å²) in [7, 11) is 0. The number of urea groups is 1. The number of rotatable bonds is 4. The van der Waals surface area contributed by atoms with Gasteiger partial charge < -0.3 is 15.6 Å². The number of benzene rings is 1. The smallest absolute Gasteiger partial charge is 0.318 e. The Labute approximate surface area is 106 Å². The van der Waals surface area contributed by atoms with Gasteiger partial charge in [0.25, 0.3) is 5.91 Å². The highest BCUT2D eigenvalue weighted by Gasteiger charge is 2.07. The van der Waals surface area contributed by atoms with Crippen molar-refractivity contribution in [3.8, 4) is 5.75 Å². The van der Waals surface area contributed by atoms with E-state index in [1.165, 1.54) is 0 Å². The van der Waals surface area contributed by atoms with Gasteiger partial charge >= 0.3 is 6.03 Å². The highest BCUT2D eigenvalue weighted by atomic mass is 79.9. The molecule has 6 nitrogen and oxygen atoms in total. The number of primary amides is 1. The highest BCUT2D eigenvalue weighted by molar-refractivity contribution is 9.10. The average molecular weight is 303 g/mol. The molecule has 3 amide bonds. The molecular formula is C10H11BrN2O4. The monoisotopic (exact) mass is 302 g/mol. The third kappa shape index (κ3) is 4.41. The summed E-state index contributed by atoms with van der Waals surface area (Å²) in [6.07, 6.45) is 0. The van der Waals surface area contributed by atoms with Gasteiger partial charge in [0.1, 0.15) is 5.75 Å². The Morgan fingerprint density at radius 3 is 2.71 bits per heavy atom. The Hall–Kier alpha value is -1.60. The van der Waals surface area contributed by atoms with Crippen LogP contribution in [0.25, 0.3) is 0 Å². The second kappa shape index (κ2) is 6.21. The Morgan fingerprint density at radius 1 is 1.47 bits per heavy atom. The lowest BCUT2D eigenvalue weighted by molar-refractivity contribution is -0.121. The van der Waals surface area contributed by atoms with Gasteiger partial charge in [-0.3, -0.25) is 10.1 Å². The number of hydrogen-bond donors (Lipinski definition) is 3. The number of carbonyl (C=O) groups excluding carboxylic acids is 2. The third-order valence-electron chi connectivity index (χ3n) is 1.80. The van der Waals surface area contributed by atoms with E-state index in [4.69, 9.17) is 15.6 Å². The summed E-state index contributed by atoms with van der Waals surface area (Å²) in [4.78, 5) is 21.4. The fraction of sp³-hybridized carbons (Fsp3) is 0.200. The molecule has 0 bridgehead atoms. The molecule has 1 aromatic carbocycles. The number of hydrogen-bond acceptors (Lipinski definition) is 4. The molecule has 0 unspecified atom stereocenters. The van der Waals surface area contributed by atoms with Crippen molar-refractivity contribution in [1.82, 2.24) is 5.32 Å². The van der Waals surface area contributed by atoms with E-state index < -0.39 is 11.9 Å². The maximum absolute atomic E-state index is 11.1. The van der Waals surface area contributed by atoms with E-state index in [0.29, 0.717) is 15.8 Å². The molecule has 0 saturated carbocycles. The van der Waals surface area contributed by atoms with Gasteiger partial charge in [-0.15, -0.1) is 0 Å². The van der Waals surface area contributed by atoms with Gasteiger partial charge in [-0.25, -0.2) is 4.79 Å². The van der Waals surface area contributed by atoms with Crippen LogP contribution in [0.15, 0.2) is 22.7 Å². The Balaban J connectivity index is 2.57. The predicted molar refractivity (Wildman–Crippen MR) is 63.3 cm³/mol. The van der Waals surface area contributed by atoms with E-state index in [1.807, 2.05) is 5.32 Å². The summed E-state index contributed by atoms with van der Waals surface area (Å²) in [5.41, 5.74) is 5.48. The van der Waals surface area contributed by atoms with Crippen LogP contribution in [0, 0.1) is 0 Å². The van der Waals surface area contributed by atoms with Crippen LogP contribution in [-0.2, 0) is 11.4 Å². The van der Waals surface area contributed by atoms with Crippen molar-refractivity contribution in [1.29, 1.82) is 0 Å². The lowest BCUT2D eigenvalue weighted by Crippen LogP contribution is -2.38. The fourth-order valence-electron chi connectivity index (χ4n) is 1.08. The normalized spacial score (nSPS) is 9.76. The highest BCUT2D eigenvalue weighted by Crippen LogP contribution is 2.25. The summed E-state index contributed by atoms with van der Waals surface area (Å²) in [6, 6.07) is 4.01. The van der Waals surface area contributed by atoms with Gasteiger partial charge in [0.15, 0.2) is 6.61 Å². The summed E-state index contributed by atoms with van der Waals surface area (Å²) < 4.78 is 5.76. The van der Waals surface area contributed by atoms with Crippen molar-refractivity contribution in [2.45, 2.75) is 6.61 Å². The number of carbonyl (C=O) groups is 2. The number of nitrogens with two attached hydrogens (primary N) is 1. The Bertz CT molecular complexity index is 436. The first-order valence-corrected chi connectivity index (χ1v) is 5.43. The van der Waals surface area contributed by atoms with E-state index in [0.717, 1.165) is 0 Å². The third-order valence-corrected chi connectivity index (χ3v) is 2.42. The average Bonchev–Trinajstić information content (AvgIpc) is 2.26. The van der Waals surface area contributed by atoms with Gasteiger partial charge in [-0.1, -0.05) is 6.07 Å². The van der Waals surface area contributed by atoms with Gasteiger partial charge in [-0.2, -0.15) is 0 Å². The Kier molecular flexibility index (Phi) is 4.92. The van der Waals surface area contributed by atoms with Crippen LogP contribution in [0.3, 0.4) is 0 Å². The standard InChI is InChI=1S/C10H11BrN2O4/c11-7-3-6(4-14)1-2-8(7)17-5-9(15)13-10(12)16/h1-3,14H,4-5H2,(H3,12,13,15,16). The number of aliphatic hydroxyl groups is 1. The Morgan fingerprint density at radius 2 is 2.18 bits per heavy atom. The van der Waals surface area contributed by atoms with Crippen LogP contribution < -0.4 is 15.8 Å². The minimum atomic E-state index is -0.923. The van der Waals surface area contributed by atoms with E-state index in [1.54, 1.807) is 18.2 Å². The molecule has 92 valence electrons. The van der Waals surface area contributed by atoms with Crippen LogP contribution in [-0.4, -0.2) is 23.7 Å². The molecule has 0 saturated heterocycles. The summed E-state index contributed by atoms with van der Waals surface area (Å²) in [5.74, 6) is -0.197. The number of halogens is 1. The van der Waals surface area contributed by atoms with E-state index in [-0.39, 0.29) is 13.2 Å². The van der Waals surface area contributed by atoms with Crippen LogP contribution in [0.1, 0.15) is 5.56 Å². The van der Waals surface area contributed by atoms with Crippen molar-refractivity contribution in [3.05, 3.63) is 28.2 Å². The van der Waals surface area contributed by atoms with Crippen molar-refractivity contribution < 1.29 is 19.4 Å². The van der Waals surface area contributed by atoms with E-state index in [9.17, 15) is 9.59 Å². The van der Waals surface area contributed by atoms with Crippen LogP contribution in [0.4, 0.5) is 4.79 Å². The van der Waals surface area contributed by atoms with Gasteiger partial charge in [0, 0.05) is 0 Å². The number of nitrogens with one attached hydrogen (secondary N) is 1. The molecule has 0 atom stereocenters. The molecule has 7 heteroatoms. The molecule has 0 heterocycles. The first-order valence-electron chi connectivity index (χ1n) is 4.64. The number of amides is 3. The summed E-state index contributed by atoms with van der Waals surface area (Å²) >= 11 is 3.23. The molecule has 17 heavy (non-hydrogen) atoms. The van der Waals surface area contributed by atoms with Gasteiger partial charge in [0.2, 0.25) is 0 Å². The fourth-order valence-corrected chi connectivity index (χ4v) is 1.62. The van der Waals surface area contributed by atoms with Crippen LogP contribution >= 0.6 is 15.9 Å². The van der Waals surface area contributed by atoms with Crippen molar-refractivity contribution in [2.24, 2.45) is 5.73 Å². The number of imide groups is 1.